The molecule has 0 N–H and O–H groups in total. The quantitative estimate of drug-likeness (QED) is 0.344. The molecule has 1 heterocycles. The summed E-state index contributed by atoms with van der Waals surface area (Å²) in [6, 6.07) is 28.1. The Balaban J connectivity index is 1.83. The first-order chi connectivity index (χ1) is 15.0. The predicted octanol–water partition coefficient (Wildman–Crippen LogP) is 5.92. The second-order valence-corrected chi connectivity index (χ2v) is 8.39. The van der Waals surface area contributed by atoms with E-state index in [0.29, 0.717) is 10.0 Å². The summed E-state index contributed by atoms with van der Waals surface area (Å²) < 4.78 is 6.80. The molecule has 2 nitrogen and oxygen atoms in total. The second kappa shape index (κ2) is 9.70. The van der Waals surface area contributed by atoms with Gasteiger partial charge in [-0.25, -0.2) is 0 Å². The smallest absolute Gasteiger partial charge is 0.362 e. The molecular formula is C26H22BCl2NO. The molecule has 0 aliphatic carbocycles. The lowest BCUT2D eigenvalue weighted by molar-refractivity contribution is 0.253. The van der Waals surface area contributed by atoms with Crippen molar-refractivity contribution >= 4 is 41.0 Å². The Bertz CT molecular complexity index is 1080. The third kappa shape index (κ3) is 5.02. The molecule has 0 radical (unpaired) electrons. The molecule has 1 atom stereocenters. The number of hydrogen-bond acceptors (Lipinski definition) is 2. The number of nitrogens with zero attached hydrogens (tertiary/aromatic N) is 1. The summed E-state index contributed by atoms with van der Waals surface area (Å²) in [6.07, 6.45) is 1.43. The summed E-state index contributed by atoms with van der Waals surface area (Å²) in [5, 5.41) is 1.41. The van der Waals surface area contributed by atoms with Crippen LogP contribution in [0.5, 0.6) is 0 Å². The molecule has 3 aromatic carbocycles. The largest absolute Gasteiger partial charge is 0.414 e. The number of hydrogen-bond donors (Lipinski definition) is 0. The summed E-state index contributed by atoms with van der Waals surface area (Å²) in [6.45, 7) is 3.61. The molecule has 31 heavy (non-hydrogen) atoms. The van der Waals surface area contributed by atoms with Crippen LogP contribution in [-0.2, 0) is 4.65 Å². The fourth-order valence-electron chi connectivity index (χ4n) is 3.51. The van der Waals surface area contributed by atoms with Gasteiger partial charge in [-0.15, -0.1) is 0 Å². The Morgan fingerprint density at radius 1 is 0.742 bits per heavy atom. The van der Waals surface area contributed by atoms with Crippen molar-refractivity contribution in [2.24, 2.45) is 0 Å². The number of benzene rings is 3. The van der Waals surface area contributed by atoms with Crippen LogP contribution >= 0.6 is 23.2 Å². The lowest BCUT2D eigenvalue weighted by atomic mass is 9.55. The number of pyridine rings is 1. The van der Waals surface area contributed by atoms with Crippen molar-refractivity contribution in [2.45, 2.75) is 20.0 Å². The SMILES string of the molecule is Cc1ccc(B(OC(c2ccccc2)c2ccccn2)c2ccc(C)c(Cl)c2)cc1Cl. The van der Waals surface area contributed by atoms with E-state index >= 15 is 0 Å². The first kappa shape index (κ1) is 21.6. The second-order valence-electron chi connectivity index (χ2n) is 7.58. The van der Waals surface area contributed by atoms with Gasteiger partial charge in [-0.1, -0.05) is 83.9 Å². The van der Waals surface area contributed by atoms with E-state index in [1.165, 1.54) is 0 Å². The molecule has 1 aromatic heterocycles. The number of halogens is 2. The fourth-order valence-corrected chi connectivity index (χ4v) is 3.89. The molecule has 0 saturated heterocycles. The van der Waals surface area contributed by atoms with Crippen LogP contribution in [0.4, 0.5) is 0 Å². The van der Waals surface area contributed by atoms with E-state index in [1.54, 1.807) is 6.20 Å². The predicted molar refractivity (Wildman–Crippen MR) is 131 cm³/mol. The van der Waals surface area contributed by atoms with Gasteiger partial charge in [0.15, 0.2) is 0 Å². The summed E-state index contributed by atoms with van der Waals surface area (Å²) in [5.74, 6) is 0. The summed E-state index contributed by atoms with van der Waals surface area (Å²) in [7, 11) is 0. The Morgan fingerprint density at radius 2 is 1.32 bits per heavy atom. The van der Waals surface area contributed by atoms with Gasteiger partial charge in [0.25, 0.3) is 0 Å². The lowest BCUT2D eigenvalue weighted by Gasteiger charge is -2.24. The normalized spacial score (nSPS) is 11.9. The number of aromatic nitrogens is 1. The zero-order chi connectivity index (χ0) is 21.8. The minimum atomic E-state index is -0.372. The van der Waals surface area contributed by atoms with Gasteiger partial charge in [0.2, 0.25) is 0 Å². The van der Waals surface area contributed by atoms with Crippen LogP contribution < -0.4 is 10.9 Å². The van der Waals surface area contributed by atoms with Gasteiger partial charge in [0, 0.05) is 16.2 Å². The van der Waals surface area contributed by atoms with Gasteiger partial charge in [0.05, 0.1) is 5.69 Å². The zero-order valence-electron chi connectivity index (χ0n) is 17.4. The maximum atomic E-state index is 6.80. The van der Waals surface area contributed by atoms with Crippen molar-refractivity contribution in [1.29, 1.82) is 0 Å². The van der Waals surface area contributed by atoms with Crippen molar-refractivity contribution in [3.63, 3.8) is 0 Å². The molecule has 4 aromatic rings. The topological polar surface area (TPSA) is 22.1 Å². The van der Waals surface area contributed by atoms with Crippen molar-refractivity contribution in [3.05, 3.63) is 124 Å². The highest BCUT2D eigenvalue weighted by atomic mass is 35.5. The van der Waals surface area contributed by atoms with Gasteiger partial charge in [0.1, 0.15) is 6.10 Å². The van der Waals surface area contributed by atoms with Crippen molar-refractivity contribution < 1.29 is 4.65 Å². The average Bonchev–Trinajstić information content (AvgIpc) is 2.80. The van der Waals surface area contributed by atoms with Crippen molar-refractivity contribution in [3.8, 4) is 0 Å². The van der Waals surface area contributed by atoms with Crippen molar-refractivity contribution in [1.82, 2.24) is 4.98 Å². The Kier molecular flexibility index (Phi) is 6.77. The molecule has 0 amide bonds. The molecule has 0 spiro atoms. The Morgan fingerprint density at radius 3 is 1.84 bits per heavy atom. The molecule has 5 heteroatoms. The molecule has 0 bridgehead atoms. The highest BCUT2D eigenvalue weighted by Gasteiger charge is 2.28. The highest BCUT2D eigenvalue weighted by Crippen LogP contribution is 2.26. The third-order valence-corrected chi connectivity index (χ3v) is 6.14. The molecule has 0 saturated carbocycles. The molecule has 4 rings (SSSR count). The number of rotatable bonds is 6. The fraction of sp³-hybridized carbons (Fsp3) is 0.115. The maximum absolute atomic E-state index is 6.80. The summed E-state index contributed by atoms with van der Waals surface area (Å²) in [5.41, 5.74) is 5.85. The van der Waals surface area contributed by atoms with E-state index in [1.807, 2.05) is 74.5 Å². The minimum absolute atomic E-state index is 0.354. The molecule has 0 fully saturated rings. The van der Waals surface area contributed by atoms with Crippen LogP contribution in [-0.4, -0.2) is 11.9 Å². The van der Waals surface area contributed by atoms with Gasteiger partial charge >= 0.3 is 6.92 Å². The van der Waals surface area contributed by atoms with Crippen LogP contribution in [0.3, 0.4) is 0 Å². The summed E-state index contributed by atoms with van der Waals surface area (Å²) >= 11 is 13.0. The lowest BCUT2D eigenvalue weighted by Crippen LogP contribution is -2.46. The highest BCUT2D eigenvalue weighted by molar-refractivity contribution is 6.80. The van der Waals surface area contributed by atoms with Gasteiger partial charge < -0.3 is 4.65 Å². The molecule has 154 valence electrons. The first-order valence-corrected chi connectivity index (χ1v) is 10.9. The van der Waals surface area contributed by atoms with Crippen LogP contribution in [0.1, 0.15) is 28.5 Å². The van der Waals surface area contributed by atoms with Gasteiger partial charge in [-0.2, -0.15) is 0 Å². The molecule has 0 aliphatic rings. The molecular weight excluding hydrogens is 424 g/mol. The minimum Gasteiger partial charge on any atom is -0.414 e. The van der Waals surface area contributed by atoms with E-state index in [0.717, 1.165) is 33.3 Å². The van der Waals surface area contributed by atoms with E-state index < -0.39 is 0 Å². The summed E-state index contributed by atoms with van der Waals surface area (Å²) in [4.78, 5) is 4.58. The van der Waals surface area contributed by atoms with Gasteiger partial charge in [-0.05, 0) is 65.7 Å². The van der Waals surface area contributed by atoms with Crippen molar-refractivity contribution in [2.75, 3.05) is 0 Å². The van der Waals surface area contributed by atoms with Gasteiger partial charge in [-0.3, -0.25) is 4.98 Å². The maximum Gasteiger partial charge on any atom is 0.362 e. The Labute approximate surface area is 193 Å². The van der Waals surface area contributed by atoms with E-state index in [4.69, 9.17) is 27.9 Å². The monoisotopic (exact) mass is 445 g/mol. The average molecular weight is 446 g/mol. The zero-order valence-corrected chi connectivity index (χ0v) is 18.9. The first-order valence-electron chi connectivity index (χ1n) is 10.2. The van der Waals surface area contributed by atoms with E-state index in [9.17, 15) is 0 Å². The van der Waals surface area contributed by atoms with E-state index in [2.05, 4.69) is 29.2 Å². The third-order valence-electron chi connectivity index (χ3n) is 5.33. The van der Waals surface area contributed by atoms with Crippen LogP contribution in [0.15, 0.2) is 91.1 Å². The Hall–Kier alpha value is -2.59. The van der Waals surface area contributed by atoms with Crippen LogP contribution in [0.2, 0.25) is 10.0 Å². The van der Waals surface area contributed by atoms with Crippen LogP contribution in [0.25, 0.3) is 0 Å². The number of aryl methyl sites for hydroxylation is 2. The molecule has 1 unspecified atom stereocenters. The van der Waals surface area contributed by atoms with E-state index in [-0.39, 0.29) is 13.0 Å². The molecule has 0 aliphatic heterocycles. The van der Waals surface area contributed by atoms with Crippen LogP contribution in [0, 0.1) is 13.8 Å². The standard InChI is InChI=1S/C26H22BCl2NO/c1-18-11-13-21(16-23(18)28)27(22-14-12-19(2)24(29)17-22)31-26(20-8-4-3-5-9-20)25-10-6-7-15-30-25/h3-17,26H,1-2H3.